The van der Waals surface area contributed by atoms with Gasteiger partial charge in [0.05, 0.1) is 34.1 Å². The first-order chi connectivity index (χ1) is 32.5. The van der Waals surface area contributed by atoms with Crippen LogP contribution in [0.1, 0.15) is 67.4 Å². The molecule has 4 aromatic heterocycles. The van der Waals surface area contributed by atoms with E-state index in [0.29, 0.717) is 72.0 Å². The van der Waals surface area contributed by atoms with Crippen LogP contribution < -0.4 is 47.6 Å². The number of carboxylic acids is 1. The number of carbonyl (C=O) groups is 5. The number of carboxylic acid groups (broad SMARTS) is 1. The number of hydrogen-bond acceptors (Lipinski definition) is 18. The molecular formula is C45H51N11O8S4. The molecule has 19 nitrogen and oxygen atoms in total. The average molecular weight is 1000 g/mol. The van der Waals surface area contributed by atoms with E-state index >= 15 is 0 Å². The first-order valence-corrected chi connectivity index (χ1v) is 25.0. The number of hydrogen-bond donors (Lipinski definition) is 9. The van der Waals surface area contributed by atoms with Crippen LogP contribution in [0.15, 0.2) is 92.9 Å². The molecule has 2 aliphatic rings. The molecule has 6 heterocycles. The summed E-state index contributed by atoms with van der Waals surface area (Å²) < 4.78 is 5.28. The van der Waals surface area contributed by atoms with Crippen molar-refractivity contribution in [2.24, 2.45) is 5.73 Å². The maximum atomic E-state index is 12.9. The lowest BCUT2D eigenvalue weighted by Crippen LogP contribution is -2.60. The van der Waals surface area contributed by atoms with Gasteiger partial charge in [-0.1, -0.05) is 24.3 Å². The van der Waals surface area contributed by atoms with E-state index in [1.807, 2.05) is 81.0 Å². The van der Waals surface area contributed by atoms with Gasteiger partial charge in [-0.15, -0.1) is 22.7 Å². The Morgan fingerprint density at radius 3 is 1.56 bits per heavy atom. The average Bonchev–Trinajstić information content (AvgIpc) is 4.18. The number of benzene rings is 2. The number of hydroxylamine groups is 1. The number of para-hydroxylation sites is 4. The zero-order valence-electron chi connectivity index (χ0n) is 37.2. The zero-order valence-corrected chi connectivity index (χ0v) is 40.5. The fourth-order valence-electron chi connectivity index (χ4n) is 7.38. The highest BCUT2D eigenvalue weighted by atomic mass is 32.1. The molecule has 4 amide bonds. The fourth-order valence-corrected chi connectivity index (χ4v) is 9.97. The minimum Gasteiger partial charge on any atom is -0.480 e. The molecule has 0 saturated carbocycles. The topological polar surface area (TPSA) is 266 Å². The van der Waals surface area contributed by atoms with E-state index in [9.17, 15) is 29.1 Å². The number of aliphatic carboxylic acids is 1. The SMILES string of the molecule is CC(C)(C)OC(=O)NC1(C(=O)O)CCN(c2ccccc2NC(=O)c2csc(Nc3ccsc3)n2)CC1.NC1(C(=O)NO)CCN(c2ccccc2NC(=O)c2csc(Nc3ccsc3)n2)CC1. The highest BCUT2D eigenvalue weighted by Crippen LogP contribution is 2.34. The lowest BCUT2D eigenvalue weighted by molar-refractivity contribution is -0.145. The molecule has 0 spiro atoms. The van der Waals surface area contributed by atoms with Gasteiger partial charge in [0.1, 0.15) is 28.1 Å². The molecule has 2 fully saturated rings. The van der Waals surface area contributed by atoms with Crippen LogP contribution in [0.5, 0.6) is 0 Å². The molecule has 358 valence electrons. The number of nitrogens with two attached hydrogens (primary N) is 1. The van der Waals surface area contributed by atoms with Gasteiger partial charge in [0.2, 0.25) is 0 Å². The van der Waals surface area contributed by atoms with Crippen molar-refractivity contribution in [3.63, 3.8) is 0 Å². The number of piperidine rings is 2. The summed E-state index contributed by atoms with van der Waals surface area (Å²) in [7, 11) is 0. The second-order valence-corrected chi connectivity index (χ2v) is 20.2. The largest absolute Gasteiger partial charge is 0.480 e. The molecule has 0 radical (unpaired) electrons. The number of carbonyl (C=O) groups excluding carboxylic acids is 4. The Morgan fingerprint density at radius 2 is 1.15 bits per heavy atom. The van der Waals surface area contributed by atoms with Gasteiger partial charge in [0, 0.05) is 47.7 Å². The highest BCUT2D eigenvalue weighted by molar-refractivity contribution is 7.14. The summed E-state index contributed by atoms with van der Waals surface area (Å²) in [4.78, 5) is 74.8. The van der Waals surface area contributed by atoms with Gasteiger partial charge in [-0.2, -0.15) is 22.7 Å². The number of thiophene rings is 2. The van der Waals surface area contributed by atoms with Crippen LogP contribution in [0.4, 0.5) is 49.2 Å². The minimum atomic E-state index is -1.43. The van der Waals surface area contributed by atoms with Crippen molar-refractivity contribution in [3.05, 3.63) is 104 Å². The molecule has 2 saturated heterocycles. The van der Waals surface area contributed by atoms with Crippen LogP contribution in [0, 0.1) is 0 Å². The molecule has 8 rings (SSSR count). The molecule has 0 atom stereocenters. The number of rotatable bonds is 13. The van der Waals surface area contributed by atoms with E-state index in [0.717, 1.165) is 22.7 Å². The standard InChI is InChI=1S/C25H29N5O5S2.C20H22N6O3S2/c1-24(2,3)35-23(34)29-25(21(32)33)9-11-30(12-10-25)19-7-5-4-6-17(19)27-20(31)18-15-37-22(28-18)26-16-8-13-36-14-16;21-20(18(28)25-29)6-8-26(9-7-20)16-4-2-1-3-14(16)23-17(27)15-12-31-19(24-15)22-13-5-10-30-11-13/h4-8,13-15H,9-12H2,1-3H3,(H,26,28)(H,27,31)(H,29,34)(H,32,33);1-5,10-12,29H,6-9,21H2,(H,22,24)(H,23,27)(H,25,28). The van der Waals surface area contributed by atoms with Crippen molar-refractivity contribution >= 4 is 120 Å². The Bertz CT molecular complexity index is 2690. The van der Waals surface area contributed by atoms with Gasteiger partial charge in [0.15, 0.2) is 10.3 Å². The molecule has 2 aromatic carbocycles. The summed E-state index contributed by atoms with van der Waals surface area (Å²) >= 11 is 5.85. The zero-order chi connectivity index (χ0) is 48.5. The molecule has 0 bridgehead atoms. The van der Waals surface area contributed by atoms with E-state index in [-0.39, 0.29) is 24.7 Å². The number of nitrogens with one attached hydrogen (secondary N) is 6. The lowest BCUT2D eigenvalue weighted by Gasteiger charge is -2.40. The van der Waals surface area contributed by atoms with Crippen molar-refractivity contribution in [1.82, 2.24) is 20.8 Å². The summed E-state index contributed by atoms with van der Waals surface area (Å²) in [6.45, 7) is 6.92. The fraction of sp³-hybridized carbons (Fsp3) is 0.311. The molecular weight excluding hydrogens is 951 g/mol. The molecule has 0 unspecified atom stereocenters. The van der Waals surface area contributed by atoms with Crippen LogP contribution in [0.3, 0.4) is 0 Å². The Morgan fingerprint density at radius 1 is 0.691 bits per heavy atom. The molecule has 0 aliphatic carbocycles. The van der Waals surface area contributed by atoms with Crippen LogP contribution >= 0.6 is 45.3 Å². The highest BCUT2D eigenvalue weighted by Gasteiger charge is 2.44. The predicted molar refractivity (Wildman–Crippen MR) is 268 cm³/mol. The van der Waals surface area contributed by atoms with Gasteiger partial charge in [-0.05, 0) is 93.6 Å². The molecule has 2 aliphatic heterocycles. The quantitative estimate of drug-likeness (QED) is 0.0390. The van der Waals surface area contributed by atoms with Crippen molar-refractivity contribution in [2.45, 2.75) is 63.1 Å². The van der Waals surface area contributed by atoms with Crippen molar-refractivity contribution in [1.29, 1.82) is 0 Å². The van der Waals surface area contributed by atoms with Gasteiger partial charge < -0.3 is 52.0 Å². The van der Waals surface area contributed by atoms with Gasteiger partial charge >= 0.3 is 12.1 Å². The second kappa shape index (κ2) is 21.5. The van der Waals surface area contributed by atoms with Crippen molar-refractivity contribution < 1.29 is 39.0 Å². The number of thiazole rings is 2. The number of nitrogens with zero attached hydrogens (tertiary/aromatic N) is 4. The minimum absolute atomic E-state index is 0.174. The Hall–Kier alpha value is -6.63. The second-order valence-electron chi connectivity index (χ2n) is 16.9. The molecule has 10 N–H and O–H groups in total. The maximum Gasteiger partial charge on any atom is 0.408 e. The third kappa shape index (κ3) is 12.5. The van der Waals surface area contributed by atoms with E-state index in [1.54, 1.807) is 65.8 Å². The van der Waals surface area contributed by atoms with E-state index in [2.05, 4.69) is 41.5 Å². The van der Waals surface area contributed by atoms with E-state index in [1.165, 1.54) is 22.7 Å². The Balaban J connectivity index is 0.000000204. The number of anilines is 8. The third-order valence-electron chi connectivity index (χ3n) is 11.0. The normalized spacial score (nSPS) is 15.2. The van der Waals surface area contributed by atoms with E-state index < -0.39 is 34.6 Å². The summed E-state index contributed by atoms with van der Waals surface area (Å²) in [6, 6.07) is 18.7. The molecule has 68 heavy (non-hydrogen) atoms. The third-order valence-corrected chi connectivity index (χ3v) is 13.9. The Labute approximate surface area is 407 Å². The molecule has 23 heteroatoms. The summed E-state index contributed by atoms with van der Waals surface area (Å²) in [5.74, 6) is -2.32. The van der Waals surface area contributed by atoms with E-state index in [4.69, 9.17) is 15.7 Å². The van der Waals surface area contributed by atoms with Crippen molar-refractivity contribution in [3.8, 4) is 0 Å². The van der Waals surface area contributed by atoms with Gasteiger partial charge in [-0.25, -0.2) is 25.0 Å². The maximum absolute atomic E-state index is 12.9. The first-order valence-electron chi connectivity index (χ1n) is 21.3. The van der Waals surface area contributed by atoms with Gasteiger partial charge in [0.25, 0.3) is 17.7 Å². The number of aromatic nitrogens is 2. The van der Waals surface area contributed by atoms with Gasteiger partial charge in [-0.3, -0.25) is 19.6 Å². The van der Waals surface area contributed by atoms with Crippen LogP contribution in [0.2, 0.25) is 0 Å². The number of alkyl carbamates (subject to hydrolysis) is 1. The Kier molecular flexibility index (Phi) is 15.6. The lowest BCUT2D eigenvalue weighted by atomic mass is 9.87. The summed E-state index contributed by atoms with van der Waals surface area (Å²) in [6.07, 6.45) is 0.352. The summed E-state index contributed by atoms with van der Waals surface area (Å²) in [5, 5.41) is 46.1. The molecule has 6 aromatic rings. The van der Waals surface area contributed by atoms with Crippen LogP contribution in [-0.2, 0) is 14.3 Å². The predicted octanol–water partition coefficient (Wildman–Crippen LogP) is 8.15. The first kappa shape index (κ1) is 49.3. The monoisotopic (exact) mass is 1000 g/mol. The number of amides is 4. The van der Waals surface area contributed by atoms with Crippen molar-refractivity contribution in [2.75, 3.05) is 57.2 Å². The number of ether oxygens (including phenoxy) is 1. The van der Waals surface area contributed by atoms with Crippen LogP contribution in [-0.4, -0.2) is 92.9 Å². The summed E-state index contributed by atoms with van der Waals surface area (Å²) in [5.41, 5.74) is 9.84. The van der Waals surface area contributed by atoms with Crippen LogP contribution in [0.25, 0.3) is 0 Å². The smallest absolute Gasteiger partial charge is 0.408 e.